The summed E-state index contributed by atoms with van der Waals surface area (Å²) in [6, 6.07) is 3.63. The Labute approximate surface area is 124 Å². The summed E-state index contributed by atoms with van der Waals surface area (Å²) in [7, 11) is -2.59. The van der Waals surface area contributed by atoms with E-state index >= 15 is 0 Å². The fraction of sp³-hybridized carbons (Fsp3) is 0.500. The number of nitrogens with zero attached hydrogens (tertiary/aromatic N) is 2. The molecule has 0 amide bonds. The zero-order valence-corrected chi connectivity index (χ0v) is 13.3. The lowest BCUT2D eigenvalue weighted by Crippen LogP contribution is -2.34. The topological polar surface area (TPSA) is 119 Å². The molecule has 0 saturated carbocycles. The van der Waals surface area contributed by atoms with Crippen LogP contribution in [0.15, 0.2) is 23.1 Å². The fourth-order valence-corrected chi connectivity index (χ4v) is 3.46. The Morgan fingerprint density at radius 3 is 2.38 bits per heavy atom. The quantitative estimate of drug-likeness (QED) is 0.483. The summed E-state index contributed by atoms with van der Waals surface area (Å²) >= 11 is 0. The molecule has 0 atom stereocenters. The second-order valence-electron chi connectivity index (χ2n) is 5.91. The number of rotatable bonds is 5. The van der Waals surface area contributed by atoms with Crippen LogP contribution in [-0.4, -0.2) is 31.2 Å². The van der Waals surface area contributed by atoms with Gasteiger partial charge in [-0.25, -0.2) is 12.7 Å². The van der Waals surface area contributed by atoms with Crippen LogP contribution in [0.3, 0.4) is 0 Å². The molecule has 1 rings (SSSR count). The molecule has 0 unspecified atom stereocenters. The van der Waals surface area contributed by atoms with Gasteiger partial charge in [-0.1, -0.05) is 20.8 Å². The van der Waals surface area contributed by atoms with E-state index in [0.717, 1.165) is 16.4 Å². The van der Waals surface area contributed by atoms with Crippen molar-refractivity contribution in [3.05, 3.63) is 28.3 Å². The first kappa shape index (κ1) is 17.3. The van der Waals surface area contributed by atoms with E-state index in [1.165, 1.54) is 13.1 Å². The van der Waals surface area contributed by atoms with Gasteiger partial charge in [0.25, 0.3) is 5.69 Å². The van der Waals surface area contributed by atoms with Gasteiger partial charge in [0.15, 0.2) is 4.90 Å². The third kappa shape index (κ3) is 4.13. The minimum atomic E-state index is -3.98. The highest BCUT2D eigenvalue weighted by molar-refractivity contribution is 7.89. The third-order valence-electron chi connectivity index (χ3n) is 2.71. The molecule has 0 bridgehead atoms. The van der Waals surface area contributed by atoms with Gasteiger partial charge in [0, 0.05) is 19.7 Å². The van der Waals surface area contributed by atoms with Gasteiger partial charge in [-0.05, 0) is 17.5 Å². The summed E-state index contributed by atoms with van der Waals surface area (Å²) in [6.45, 7) is 5.87. The molecule has 0 radical (unpaired) electrons. The molecule has 9 heteroatoms. The molecule has 0 aliphatic heterocycles. The van der Waals surface area contributed by atoms with Gasteiger partial charge in [-0.2, -0.15) is 0 Å². The number of anilines is 1. The van der Waals surface area contributed by atoms with E-state index in [-0.39, 0.29) is 22.5 Å². The lowest BCUT2D eigenvalue weighted by molar-refractivity contribution is -0.387. The second-order valence-corrected chi connectivity index (χ2v) is 7.92. The molecule has 0 aliphatic carbocycles. The van der Waals surface area contributed by atoms with Crippen molar-refractivity contribution in [1.29, 1.82) is 0 Å². The van der Waals surface area contributed by atoms with E-state index < -0.39 is 20.6 Å². The zero-order valence-electron chi connectivity index (χ0n) is 12.5. The predicted octanol–water partition coefficient (Wildman–Crippen LogP) is 1.55. The molecular weight excluding hydrogens is 296 g/mol. The Balaban J connectivity index is 3.38. The molecule has 0 saturated heterocycles. The average Bonchev–Trinajstić information content (AvgIpc) is 2.35. The number of nitro benzene ring substituents is 1. The number of hydrazine groups is 1. The maximum absolute atomic E-state index is 12.6. The monoisotopic (exact) mass is 316 g/mol. The Morgan fingerprint density at radius 1 is 1.38 bits per heavy atom. The minimum absolute atomic E-state index is 0.229. The van der Waals surface area contributed by atoms with Gasteiger partial charge >= 0.3 is 0 Å². The van der Waals surface area contributed by atoms with Crippen LogP contribution in [-0.2, 0) is 10.0 Å². The summed E-state index contributed by atoms with van der Waals surface area (Å²) in [4.78, 5) is 9.94. The maximum atomic E-state index is 12.6. The highest BCUT2D eigenvalue weighted by atomic mass is 32.2. The first-order chi connectivity index (χ1) is 9.49. The number of sulfonamides is 1. The minimum Gasteiger partial charge on any atom is -0.324 e. The third-order valence-corrected chi connectivity index (χ3v) is 4.54. The molecule has 3 N–H and O–H groups in total. The number of nitrogens with one attached hydrogen (secondary N) is 1. The first-order valence-corrected chi connectivity index (χ1v) is 7.64. The van der Waals surface area contributed by atoms with Crippen molar-refractivity contribution in [3.63, 3.8) is 0 Å². The summed E-state index contributed by atoms with van der Waals surface area (Å²) in [6.07, 6.45) is 0. The van der Waals surface area contributed by atoms with Gasteiger partial charge < -0.3 is 5.43 Å². The van der Waals surface area contributed by atoms with E-state index in [4.69, 9.17) is 5.84 Å². The van der Waals surface area contributed by atoms with Crippen molar-refractivity contribution in [1.82, 2.24) is 4.31 Å². The van der Waals surface area contributed by atoms with Gasteiger partial charge in [0.05, 0.1) is 10.6 Å². The van der Waals surface area contributed by atoms with Crippen LogP contribution in [0.2, 0.25) is 0 Å². The summed E-state index contributed by atoms with van der Waals surface area (Å²) in [5.74, 6) is 5.24. The fourth-order valence-electron chi connectivity index (χ4n) is 1.88. The van der Waals surface area contributed by atoms with Crippen LogP contribution in [0, 0.1) is 15.5 Å². The Hall–Kier alpha value is -1.71. The van der Waals surface area contributed by atoms with Crippen LogP contribution in [0.1, 0.15) is 20.8 Å². The standard InChI is InChI=1S/C12H20N4O4S/c1-12(2,3)8-15(4)21(19,20)11-7-9(14-13)5-6-10(11)16(17)18/h5-7,14H,8,13H2,1-4H3. The lowest BCUT2D eigenvalue weighted by atomic mass is 9.97. The summed E-state index contributed by atoms with van der Waals surface area (Å²) in [5.41, 5.74) is 1.81. The summed E-state index contributed by atoms with van der Waals surface area (Å²) < 4.78 is 26.2. The molecule has 8 nitrogen and oxygen atoms in total. The number of hydrogen-bond acceptors (Lipinski definition) is 6. The molecule has 0 spiro atoms. The molecule has 0 aliphatic rings. The van der Waals surface area contributed by atoms with Crippen LogP contribution in [0.4, 0.5) is 11.4 Å². The van der Waals surface area contributed by atoms with Crippen LogP contribution in [0.25, 0.3) is 0 Å². The van der Waals surface area contributed by atoms with Crippen molar-refractivity contribution >= 4 is 21.4 Å². The van der Waals surface area contributed by atoms with Gasteiger partial charge in [0.1, 0.15) is 0 Å². The maximum Gasteiger partial charge on any atom is 0.289 e. The van der Waals surface area contributed by atoms with Crippen molar-refractivity contribution in [2.45, 2.75) is 25.7 Å². The van der Waals surface area contributed by atoms with E-state index in [1.54, 1.807) is 0 Å². The number of nitrogens with two attached hydrogens (primary N) is 1. The highest BCUT2D eigenvalue weighted by Crippen LogP contribution is 2.30. The van der Waals surface area contributed by atoms with E-state index in [0.29, 0.717) is 0 Å². The van der Waals surface area contributed by atoms with E-state index in [2.05, 4.69) is 5.43 Å². The Morgan fingerprint density at radius 2 is 1.95 bits per heavy atom. The molecule has 0 fully saturated rings. The molecule has 21 heavy (non-hydrogen) atoms. The number of hydrogen-bond donors (Lipinski definition) is 2. The van der Waals surface area contributed by atoms with E-state index in [1.807, 2.05) is 20.8 Å². The van der Waals surface area contributed by atoms with Gasteiger partial charge in [-0.15, -0.1) is 0 Å². The molecule has 1 aromatic rings. The van der Waals surface area contributed by atoms with Gasteiger partial charge in [0.2, 0.25) is 10.0 Å². The predicted molar refractivity (Wildman–Crippen MR) is 80.2 cm³/mol. The first-order valence-electron chi connectivity index (χ1n) is 6.20. The molecule has 118 valence electrons. The zero-order chi connectivity index (χ0) is 16.4. The van der Waals surface area contributed by atoms with Crippen molar-refractivity contribution in [2.24, 2.45) is 11.3 Å². The van der Waals surface area contributed by atoms with E-state index in [9.17, 15) is 18.5 Å². The smallest absolute Gasteiger partial charge is 0.289 e. The molecule has 1 aromatic carbocycles. The number of nitro groups is 1. The summed E-state index contributed by atoms with van der Waals surface area (Å²) in [5, 5.41) is 11.0. The second kappa shape index (κ2) is 5.96. The van der Waals surface area contributed by atoms with Gasteiger partial charge in [-0.3, -0.25) is 16.0 Å². The average molecular weight is 316 g/mol. The van der Waals surface area contributed by atoms with Crippen LogP contribution >= 0.6 is 0 Å². The van der Waals surface area contributed by atoms with Crippen molar-refractivity contribution < 1.29 is 13.3 Å². The lowest BCUT2D eigenvalue weighted by Gasteiger charge is -2.26. The van der Waals surface area contributed by atoms with Crippen molar-refractivity contribution in [2.75, 3.05) is 19.0 Å². The Kier molecular flexibility index (Phi) is 4.92. The number of nitrogen functional groups attached to an aromatic ring is 1. The Bertz CT molecular complexity index is 637. The normalized spacial score (nSPS) is 12.5. The molecular formula is C12H20N4O4S. The largest absolute Gasteiger partial charge is 0.324 e. The SMILES string of the molecule is CN(CC(C)(C)C)S(=O)(=O)c1cc(NN)ccc1[N+](=O)[O-]. The van der Waals surface area contributed by atoms with Crippen molar-refractivity contribution in [3.8, 4) is 0 Å². The molecule has 0 heterocycles. The van der Waals surface area contributed by atoms with Crippen LogP contribution in [0.5, 0.6) is 0 Å². The van der Waals surface area contributed by atoms with Crippen LogP contribution < -0.4 is 11.3 Å². The highest BCUT2D eigenvalue weighted by Gasteiger charge is 2.31. The molecule has 0 aromatic heterocycles. The number of benzene rings is 1.